The number of hydrogen-bond donors (Lipinski definition) is 1. The molecule has 1 amide bonds. The predicted molar refractivity (Wildman–Crippen MR) is 65.4 cm³/mol. The lowest BCUT2D eigenvalue weighted by Gasteiger charge is -2.03. The first-order chi connectivity index (χ1) is 7.15. The molecule has 0 spiro atoms. The van der Waals surface area contributed by atoms with Crippen LogP contribution in [0.25, 0.3) is 0 Å². The summed E-state index contributed by atoms with van der Waals surface area (Å²) >= 11 is 3.12. The van der Waals surface area contributed by atoms with Crippen LogP contribution in [0.2, 0.25) is 0 Å². The number of rotatable bonds is 4. The highest BCUT2D eigenvalue weighted by Gasteiger charge is 2.20. The highest BCUT2D eigenvalue weighted by molar-refractivity contribution is 8.00. The molecule has 0 aromatic carbocycles. The summed E-state index contributed by atoms with van der Waals surface area (Å²) in [5.41, 5.74) is 1.05. The molecule has 84 valence electrons. The number of amides is 1. The van der Waals surface area contributed by atoms with Crippen molar-refractivity contribution in [2.24, 2.45) is 0 Å². The van der Waals surface area contributed by atoms with Gasteiger partial charge in [0, 0.05) is 12.1 Å². The Bertz CT molecular complexity index is 361. The topological polar surface area (TPSA) is 38.3 Å². The van der Waals surface area contributed by atoms with Gasteiger partial charge in [-0.2, -0.15) is 0 Å². The normalized spacial score (nSPS) is 10.1. The van der Waals surface area contributed by atoms with E-state index in [1.165, 1.54) is 11.3 Å². The average molecular weight is 245 g/mol. The van der Waals surface area contributed by atoms with Gasteiger partial charge < -0.3 is 10.1 Å². The van der Waals surface area contributed by atoms with Crippen molar-refractivity contribution in [2.75, 3.05) is 19.9 Å². The Kier molecular flexibility index (Phi) is 4.47. The number of carbonyl (C=O) groups excluding carboxylic acids is 1. The molecule has 1 rings (SSSR count). The molecule has 15 heavy (non-hydrogen) atoms. The zero-order valence-corrected chi connectivity index (χ0v) is 11.0. The number of thioether (sulfide) groups is 1. The first-order valence-electron chi connectivity index (χ1n) is 4.65. The fourth-order valence-electron chi connectivity index (χ4n) is 1.31. The molecule has 0 fully saturated rings. The Morgan fingerprint density at radius 3 is 2.73 bits per heavy atom. The second kappa shape index (κ2) is 5.42. The van der Waals surface area contributed by atoms with Crippen LogP contribution < -0.4 is 10.1 Å². The third kappa shape index (κ3) is 2.46. The fourth-order valence-corrected chi connectivity index (χ4v) is 3.22. The Morgan fingerprint density at radius 2 is 2.27 bits per heavy atom. The first kappa shape index (κ1) is 12.4. The van der Waals surface area contributed by atoms with Crippen molar-refractivity contribution in [1.82, 2.24) is 5.32 Å². The van der Waals surface area contributed by atoms with E-state index in [2.05, 4.69) is 5.32 Å². The van der Waals surface area contributed by atoms with Crippen LogP contribution >= 0.6 is 23.1 Å². The standard InChI is InChI=1S/C10H15NO2S2/c1-5-11-9(12)8-7(13-3)6(2)10(14-4)15-8/h5H2,1-4H3,(H,11,12). The largest absolute Gasteiger partial charge is 0.495 e. The summed E-state index contributed by atoms with van der Waals surface area (Å²) in [5.74, 6) is 0.651. The summed E-state index contributed by atoms with van der Waals surface area (Å²) in [4.78, 5) is 12.4. The van der Waals surface area contributed by atoms with Crippen LogP contribution in [-0.4, -0.2) is 25.8 Å². The molecular weight excluding hydrogens is 230 g/mol. The summed E-state index contributed by atoms with van der Waals surface area (Å²) in [6, 6.07) is 0. The van der Waals surface area contributed by atoms with E-state index in [0.717, 1.165) is 9.77 Å². The lowest BCUT2D eigenvalue weighted by atomic mass is 10.3. The van der Waals surface area contributed by atoms with E-state index in [1.807, 2.05) is 20.1 Å². The number of methoxy groups -OCH3 is 1. The smallest absolute Gasteiger partial charge is 0.265 e. The quantitative estimate of drug-likeness (QED) is 0.828. The van der Waals surface area contributed by atoms with E-state index < -0.39 is 0 Å². The number of hydrogen-bond acceptors (Lipinski definition) is 4. The molecule has 1 N–H and O–H groups in total. The maximum Gasteiger partial charge on any atom is 0.265 e. The first-order valence-corrected chi connectivity index (χ1v) is 6.69. The predicted octanol–water partition coefficient (Wildman–Crippen LogP) is 2.54. The van der Waals surface area contributed by atoms with E-state index in [1.54, 1.807) is 18.9 Å². The van der Waals surface area contributed by atoms with Gasteiger partial charge in [-0.05, 0) is 20.1 Å². The van der Waals surface area contributed by atoms with Crippen LogP contribution in [0.15, 0.2) is 4.21 Å². The van der Waals surface area contributed by atoms with Crippen LogP contribution in [-0.2, 0) is 0 Å². The van der Waals surface area contributed by atoms with Gasteiger partial charge in [0.2, 0.25) is 0 Å². The molecule has 5 heteroatoms. The Morgan fingerprint density at radius 1 is 1.60 bits per heavy atom. The van der Waals surface area contributed by atoms with E-state index >= 15 is 0 Å². The number of ether oxygens (including phenoxy) is 1. The van der Waals surface area contributed by atoms with Crippen LogP contribution in [0.5, 0.6) is 5.75 Å². The van der Waals surface area contributed by atoms with Crippen LogP contribution in [0.1, 0.15) is 22.2 Å². The van der Waals surface area contributed by atoms with Gasteiger partial charge in [-0.1, -0.05) is 0 Å². The molecule has 1 aromatic rings. The van der Waals surface area contributed by atoms with E-state index in [9.17, 15) is 4.79 Å². The Hall–Kier alpha value is -0.680. The Labute approximate surface area is 98.2 Å². The summed E-state index contributed by atoms with van der Waals surface area (Å²) in [5, 5.41) is 2.78. The second-order valence-electron chi connectivity index (χ2n) is 2.94. The van der Waals surface area contributed by atoms with Gasteiger partial charge in [0.1, 0.15) is 10.6 Å². The van der Waals surface area contributed by atoms with Crippen LogP contribution in [0.3, 0.4) is 0 Å². The zero-order valence-electron chi connectivity index (χ0n) is 9.34. The van der Waals surface area contributed by atoms with Crippen molar-refractivity contribution >= 4 is 29.0 Å². The Balaban J connectivity index is 3.11. The molecule has 1 heterocycles. The molecule has 0 atom stereocenters. The molecule has 0 radical (unpaired) electrons. The monoisotopic (exact) mass is 245 g/mol. The molecule has 0 saturated carbocycles. The van der Waals surface area contributed by atoms with Gasteiger partial charge in [0.15, 0.2) is 0 Å². The van der Waals surface area contributed by atoms with Gasteiger partial charge >= 0.3 is 0 Å². The maximum absolute atomic E-state index is 11.7. The minimum absolute atomic E-state index is 0.0530. The maximum atomic E-state index is 11.7. The summed E-state index contributed by atoms with van der Waals surface area (Å²) in [6.45, 7) is 4.51. The third-order valence-corrected chi connectivity index (χ3v) is 4.47. The highest BCUT2D eigenvalue weighted by atomic mass is 32.2. The van der Waals surface area contributed by atoms with E-state index in [0.29, 0.717) is 17.2 Å². The minimum atomic E-state index is -0.0530. The summed E-state index contributed by atoms with van der Waals surface area (Å²) < 4.78 is 6.39. The van der Waals surface area contributed by atoms with Crippen molar-refractivity contribution in [3.05, 3.63) is 10.4 Å². The zero-order chi connectivity index (χ0) is 11.4. The molecular formula is C10H15NO2S2. The second-order valence-corrected chi connectivity index (χ2v) is 5.04. The van der Waals surface area contributed by atoms with Crippen molar-refractivity contribution in [2.45, 2.75) is 18.1 Å². The van der Waals surface area contributed by atoms with Gasteiger partial charge in [-0.25, -0.2) is 0 Å². The third-order valence-electron chi connectivity index (χ3n) is 1.98. The van der Waals surface area contributed by atoms with Crippen molar-refractivity contribution < 1.29 is 9.53 Å². The fraction of sp³-hybridized carbons (Fsp3) is 0.500. The lowest BCUT2D eigenvalue weighted by molar-refractivity contribution is 0.0957. The number of thiophene rings is 1. The average Bonchev–Trinajstić information content (AvgIpc) is 2.55. The van der Waals surface area contributed by atoms with Gasteiger partial charge in [-0.15, -0.1) is 23.1 Å². The number of carbonyl (C=O) groups is 1. The van der Waals surface area contributed by atoms with Crippen molar-refractivity contribution in [3.8, 4) is 5.75 Å². The van der Waals surface area contributed by atoms with Crippen molar-refractivity contribution in [3.63, 3.8) is 0 Å². The molecule has 0 aliphatic rings. The molecule has 0 bridgehead atoms. The molecule has 3 nitrogen and oxygen atoms in total. The van der Waals surface area contributed by atoms with Gasteiger partial charge in [-0.3, -0.25) is 4.79 Å². The lowest BCUT2D eigenvalue weighted by Crippen LogP contribution is -2.22. The SMILES string of the molecule is CCNC(=O)c1sc(SC)c(C)c1OC. The van der Waals surface area contributed by atoms with E-state index in [4.69, 9.17) is 4.74 Å². The van der Waals surface area contributed by atoms with Crippen LogP contribution in [0, 0.1) is 6.92 Å². The van der Waals surface area contributed by atoms with Gasteiger partial charge in [0.05, 0.1) is 11.3 Å². The molecule has 0 saturated heterocycles. The minimum Gasteiger partial charge on any atom is -0.495 e. The molecule has 0 aliphatic heterocycles. The van der Waals surface area contributed by atoms with Crippen molar-refractivity contribution in [1.29, 1.82) is 0 Å². The number of nitrogens with one attached hydrogen (secondary N) is 1. The van der Waals surface area contributed by atoms with Gasteiger partial charge in [0.25, 0.3) is 5.91 Å². The molecule has 1 aromatic heterocycles. The molecule has 0 aliphatic carbocycles. The van der Waals surface area contributed by atoms with Crippen LogP contribution in [0.4, 0.5) is 0 Å². The highest BCUT2D eigenvalue weighted by Crippen LogP contribution is 2.39. The summed E-state index contributed by atoms with van der Waals surface area (Å²) in [6.07, 6.45) is 2.00. The van der Waals surface area contributed by atoms with E-state index in [-0.39, 0.29) is 5.91 Å². The molecule has 0 unspecified atom stereocenters. The summed E-state index contributed by atoms with van der Waals surface area (Å²) in [7, 11) is 1.60.